The van der Waals surface area contributed by atoms with Gasteiger partial charge in [-0.3, -0.25) is 19.3 Å². The minimum Gasteiger partial charge on any atom is -0.466 e. The third kappa shape index (κ3) is 8.39. The van der Waals surface area contributed by atoms with Crippen LogP contribution in [-0.4, -0.2) is 59.0 Å². The Morgan fingerprint density at radius 2 is 1.78 bits per heavy atom. The number of benzene rings is 2. The van der Waals surface area contributed by atoms with Gasteiger partial charge >= 0.3 is 5.97 Å². The normalized spacial score (nSPS) is 15.0. The molecule has 2 atom stereocenters. The van der Waals surface area contributed by atoms with E-state index in [0.717, 1.165) is 16.7 Å². The van der Waals surface area contributed by atoms with E-state index in [-0.39, 0.29) is 36.0 Å². The maximum atomic E-state index is 15.8. The van der Waals surface area contributed by atoms with Crippen LogP contribution in [0.4, 0.5) is 8.78 Å². The molecule has 2 aromatic carbocycles. The van der Waals surface area contributed by atoms with E-state index < -0.39 is 41.5 Å². The van der Waals surface area contributed by atoms with Crippen LogP contribution >= 0.6 is 11.6 Å². The molecule has 46 heavy (non-hydrogen) atoms. The quantitative estimate of drug-likeness (QED) is 0.220. The van der Waals surface area contributed by atoms with E-state index in [4.69, 9.17) is 16.3 Å². The lowest BCUT2D eigenvalue weighted by atomic mass is 9.92. The molecule has 0 aliphatic carbocycles. The Bertz CT molecular complexity index is 1620. The van der Waals surface area contributed by atoms with Gasteiger partial charge in [0.2, 0.25) is 5.91 Å². The van der Waals surface area contributed by atoms with Crippen molar-refractivity contribution < 1.29 is 23.1 Å². The number of hydrogen-bond donors (Lipinski definition) is 1. The predicted molar refractivity (Wildman–Crippen MR) is 175 cm³/mol. The van der Waals surface area contributed by atoms with Crippen molar-refractivity contribution >= 4 is 23.5 Å². The first-order chi connectivity index (χ1) is 21.8. The van der Waals surface area contributed by atoms with Gasteiger partial charge in [-0.25, -0.2) is 13.5 Å². The number of aromatic nitrogens is 2. The fourth-order valence-electron chi connectivity index (χ4n) is 5.94. The highest BCUT2D eigenvalue weighted by molar-refractivity contribution is 6.31. The minimum absolute atomic E-state index is 0.0157. The summed E-state index contributed by atoms with van der Waals surface area (Å²) in [6, 6.07) is 8.44. The molecule has 0 radical (unpaired) electrons. The molecule has 4 rings (SSSR count). The molecule has 1 saturated heterocycles. The molecule has 1 aliphatic heterocycles. The second-order valence-corrected chi connectivity index (χ2v) is 12.9. The Morgan fingerprint density at radius 1 is 1.11 bits per heavy atom. The van der Waals surface area contributed by atoms with Crippen molar-refractivity contribution in [1.29, 1.82) is 0 Å². The second-order valence-electron chi connectivity index (χ2n) is 12.5. The summed E-state index contributed by atoms with van der Waals surface area (Å²) in [5.41, 5.74) is 4.04. The van der Waals surface area contributed by atoms with Crippen LogP contribution in [0.2, 0.25) is 5.02 Å². The highest BCUT2D eigenvalue weighted by Crippen LogP contribution is 2.35. The summed E-state index contributed by atoms with van der Waals surface area (Å²) in [4.78, 5) is 42.3. The van der Waals surface area contributed by atoms with Gasteiger partial charge in [0.05, 0.1) is 29.8 Å². The number of likely N-dealkylation sites (tertiary alicyclic amines) is 1. The van der Waals surface area contributed by atoms with Crippen LogP contribution in [0, 0.1) is 32.5 Å². The van der Waals surface area contributed by atoms with Gasteiger partial charge in [-0.2, -0.15) is 5.10 Å². The number of carbonyl (C=O) groups is 2. The summed E-state index contributed by atoms with van der Waals surface area (Å²) in [6.45, 7) is 12.5. The van der Waals surface area contributed by atoms with Crippen LogP contribution in [-0.2, 0) is 20.7 Å². The zero-order chi connectivity index (χ0) is 33.7. The zero-order valence-corrected chi connectivity index (χ0v) is 28.1. The molecule has 8 nitrogen and oxygen atoms in total. The number of alkyl halides is 1. The van der Waals surface area contributed by atoms with Crippen molar-refractivity contribution in [2.45, 2.75) is 79.1 Å². The van der Waals surface area contributed by atoms with Crippen LogP contribution in [0.3, 0.4) is 0 Å². The Morgan fingerprint density at radius 3 is 2.39 bits per heavy atom. The molecule has 1 fully saturated rings. The Hall–Kier alpha value is -3.63. The molecule has 0 bridgehead atoms. The van der Waals surface area contributed by atoms with Crippen molar-refractivity contribution in [2.75, 3.05) is 26.2 Å². The molecule has 1 aliphatic rings. The summed E-state index contributed by atoms with van der Waals surface area (Å²) in [5.74, 6) is -2.00. The van der Waals surface area contributed by atoms with Gasteiger partial charge in [0.15, 0.2) is 0 Å². The molecular formula is C35H43ClF2N4O4. The Balaban J connectivity index is 1.73. The maximum absolute atomic E-state index is 15.8. The van der Waals surface area contributed by atoms with E-state index in [1.807, 2.05) is 50.8 Å². The van der Waals surface area contributed by atoms with Gasteiger partial charge in [0, 0.05) is 37.2 Å². The average molecular weight is 657 g/mol. The standard InChI is InChI=1S/C35H43ClF2N4O4/c1-7-46-31(43)17-29(27-15-24(16-28(36)33(27)38)32-21(4)9-8-10-22(32)5)39-34(44)30(13-20(2)3)42-35(45)23(6)14-26(40-42)11-12-41-18-25(37)19-41/h8-10,14-16,20,25,29-30H,7,11-13,17-19H2,1-6H3,(H,39,44)/t29-,30-/m0/s1. The summed E-state index contributed by atoms with van der Waals surface area (Å²) in [6.07, 6.45) is -0.449. The van der Waals surface area contributed by atoms with Gasteiger partial charge in [0.1, 0.15) is 18.0 Å². The molecule has 11 heteroatoms. The van der Waals surface area contributed by atoms with E-state index in [9.17, 15) is 18.8 Å². The first-order valence-electron chi connectivity index (χ1n) is 15.8. The van der Waals surface area contributed by atoms with Crippen LogP contribution in [0.15, 0.2) is 41.2 Å². The van der Waals surface area contributed by atoms with Crippen LogP contribution in [0.1, 0.15) is 73.6 Å². The zero-order valence-electron chi connectivity index (χ0n) is 27.3. The number of hydrogen-bond acceptors (Lipinski definition) is 6. The molecular weight excluding hydrogens is 614 g/mol. The van der Waals surface area contributed by atoms with Crippen molar-refractivity contribution in [3.05, 3.63) is 85.5 Å². The lowest BCUT2D eigenvalue weighted by Crippen LogP contribution is -2.49. The summed E-state index contributed by atoms with van der Waals surface area (Å²) < 4.78 is 35.5. The van der Waals surface area contributed by atoms with Gasteiger partial charge < -0.3 is 10.1 Å². The molecule has 1 N–H and O–H groups in total. The summed E-state index contributed by atoms with van der Waals surface area (Å²) in [7, 11) is 0. The van der Waals surface area contributed by atoms with Gasteiger partial charge in [-0.1, -0.05) is 43.6 Å². The fourth-order valence-corrected chi connectivity index (χ4v) is 6.16. The van der Waals surface area contributed by atoms with E-state index in [2.05, 4.69) is 10.4 Å². The Labute approximate surface area is 274 Å². The summed E-state index contributed by atoms with van der Waals surface area (Å²) in [5, 5.41) is 7.27. The third-order valence-corrected chi connectivity index (χ3v) is 8.52. The number of rotatable bonds is 13. The fraction of sp³-hybridized carbons (Fsp3) is 0.486. The third-order valence-electron chi connectivity index (χ3n) is 8.25. The number of nitrogens with zero attached hydrogens (tertiary/aromatic N) is 3. The van der Waals surface area contributed by atoms with E-state index in [0.29, 0.717) is 42.9 Å². The molecule has 3 aromatic rings. The topological polar surface area (TPSA) is 93.5 Å². The van der Waals surface area contributed by atoms with Crippen molar-refractivity contribution in [2.24, 2.45) is 5.92 Å². The molecule has 0 unspecified atom stereocenters. The van der Waals surface area contributed by atoms with Crippen molar-refractivity contribution in [3.8, 4) is 11.1 Å². The highest BCUT2D eigenvalue weighted by Gasteiger charge is 2.31. The number of ether oxygens (including phenoxy) is 1. The molecule has 0 saturated carbocycles. The molecule has 1 aromatic heterocycles. The number of aryl methyl sites for hydroxylation is 3. The number of esters is 1. The highest BCUT2D eigenvalue weighted by atomic mass is 35.5. The van der Waals surface area contributed by atoms with Crippen LogP contribution in [0.5, 0.6) is 0 Å². The minimum atomic E-state index is -1.15. The smallest absolute Gasteiger partial charge is 0.308 e. The van der Waals surface area contributed by atoms with Gasteiger partial charge in [0.25, 0.3) is 5.56 Å². The van der Waals surface area contributed by atoms with Crippen LogP contribution in [0.25, 0.3) is 11.1 Å². The van der Waals surface area contributed by atoms with Gasteiger partial charge in [-0.15, -0.1) is 0 Å². The van der Waals surface area contributed by atoms with Crippen LogP contribution < -0.4 is 10.9 Å². The number of carbonyl (C=O) groups excluding carboxylic acids is 2. The second kappa shape index (κ2) is 15.3. The monoisotopic (exact) mass is 656 g/mol. The predicted octanol–water partition coefficient (Wildman–Crippen LogP) is 6.22. The first-order valence-corrected chi connectivity index (χ1v) is 16.1. The van der Waals surface area contributed by atoms with Crippen molar-refractivity contribution in [1.82, 2.24) is 20.0 Å². The first kappa shape index (κ1) is 35.2. The number of amides is 1. The van der Waals surface area contributed by atoms with Gasteiger partial charge in [-0.05, 0) is 80.5 Å². The van der Waals surface area contributed by atoms with Crippen molar-refractivity contribution in [3.63, 3.8) is 0 Å². The molecule has 2 heterocycles. The number of halogens is 3. The lowest BCUT2D eigenvalue weighted by Gasteiger charge is -2.34. The van der Waals surface area contributed by atoms with E-state index in [1.165, 1.54) is 10.7 Å². The molecule has 0 spiro atoms. The SMILES string of the molecule is CCOC(=O)C[C@H](NC(=O)[C@H](CC(C)C)n1nc(CCN2CC(F)C2)cc(C)c1=O)c1cc(-c2c(C)cccc2C)cc(Cl)c1F. The maximum Gasteiger partial charge on any atom is 0.308 e. The number of nitrogens with one attached hydrogen (secondary N) is 1. The average Bonchev–Trinajstić information content (AvgIpc) is 2.96. The van der Waals surface area contributed by atoms with E-state index in [1.54, 1.807) is 26.0 Å². The summed E-state index contributed by atoms with van der Waals surface area (Å²) >= 11 is 6.43. The largest absolute Gasteiger partial charge is 0.466 e. The molecule has 1 amide bonds. The van der Waals surface area contributed by atoms with E-state index >= 15 is 4.39 Å². The lowest BCUT2D eigenvalue weighted by molar-refractivity contribution is -0.144. The molecule has 248 valence electrons. The Kier molecular flexibility index (Phi) is 11.7.